The summed E-state index contributed by atoms with van der Waals surface area (Å²) in [5, 5.41) is 0. The van der Waals surface area contributed by atoms with Crippen molar-refractivity contribution in [2.75, 3.05) is 25.2 Å². The van der Waals surface area contributed by atoms with Gasteiger partial charge in [-0.2, -0.15) is 13.4 Å². The van der Waals surface area contributed by atoms with Gasteiger partial charge in [-0.05, 0) is 0 Å². The fourth-order valence-corrected chi connectivity index (χ4v) is 1.84. The molecule has 0 spiro atoms. The Balaban J connectivity index is 1.99. The first-order chi connectivity index (χ1) is 9.37. The molecule has 2 aromatic rings. The minimum absolute atomic E-state index is 0.0235. The molecule has 0 aliphatic heterocycles. The van der Waals surface area contributed by atoms with Crippen molar-refractivity contribution in [1.29, 1.82) is 0 Å². The van der Waals surface area contributed by atoms with Crippen molar-refractivity contribution in [3.63, 3.8) is 0 Å². The van der Waals surface area contributed by atoms with Gasteiger partial charge in [0.2, 0.25) is 5.95 Å². The molecular formula is C9H13N5O5S. The Kier molecular flexibility index (Phi) is 4.01. The molecule has 0 aliphatic rings. The summed E-state index contributed by atoms with van der Waals surface area (Å²) in [5.41, 5.74) is 5.44. The molecule has 3 N–H and O–H groups in total. The maximum atomic E-state index is 11.5. The average Bonchev–Trinajstić information content (AvgIpc) is 2.70. The summed E-state index contributed by atoms with van der Waals surface area (Å²) in [7, 11) is -3.48. The van der Waals surface area contributed by atoms with Crippen molar-refractivity contribution in [3.8, 4) is 0 Å². The van der Waals surface area contributed by atoms with Gasteiger partial charge in [-0.3, -0.25) is 18.5 Å². The van der Waals surface area contributed by atoms with Crippen molar-refractivity contribution < 1.29 is 17.3 Å². The van der Waals surface area contributed by atoms with Crippen LogP contribution < -0.4 is 11.3 Å². The molecule has 0 unspecified atom stereocenters. The average molecular weight is 303 g/mol. The molecule has 0 saturated carbocycles. The van der Waals surface area contributed by atoms with Gasteiger partial charge >= 0.3 is 0 Å². The van der Waals surface area contributed by atoms with Gasteiger partial charge in [0.05, 0.1) is 25.8 Å². The van der Waals surface area contributed by atoms with E-state index in [0.717, 1.165) is 6.26 Å². The molecular weight excluding hydrogens is 290 g/mol. The number of nitrogens with two attached hydrogens (primary N) is 1. The first-order valence-corrected chi connectivity index (χ1v) is 7.31. The van der Waals surface area contributed by atoms with Crippen molar-refractivity contribution >= 4 is 27.2 Å². The summed E-state index contributed by atoms with van der Waals surface area (Å²) in [5.74, 6) is -0.0235. The molecule has 0 saturated heterocycles. The number of rotatable bonds is 6. The number of aromatic amines is 1. The lowest BCUT2D eigenvalue weighted by molar-refractivity contribution is 0.0573. The lowest BCUT2D eigenvalue weighted by Gasteiger charge is -2.05. The summed E-state index contributed by atoms with van der Waals surface area (Å²) >= 11 is 0. The van der Waals surface area contributed by atoms with Gasteiger partial charge in [0, 0.05) is 0 Å². The molecule has 10 nitrogen and oxygen atoms in total. The molecule has 0 aromatic carbocycles. The van der Waals surface area contributed by atoms with Crippen LogP contribution in [0.3, 0.4) is 0 Å². The number of nitrogens with one attached hydrogen (secondary N) is 1. The fourth-order valence-electron chi connectivity index (χ4n) is 1.47. The Labute approximate surface area is 113 Å². The van der Waals surface area contributed by atoms with Crippen LogP contribution in [-0.4, -0.2) is 47.4 Å². The molecule has 2 aromatic heterocycles. The highest BCUT2D eigenvalue weighted by Crippen LogP contribution is 2.06. The molecule has 110 valence electrons. The number of imidazole rings is 1. The summed E-state index contributed by atoms with van der Waals surface area (Å²) in [4.78, 5) is 21.7. The van der Waals surface area contributed by atoms with Crippen LogP contribution in [-0.2, 0) is 25.8 Å². The molecule has 0 fully saturated rings. The zero-order valence-corrected chi connectivity index (χ0v) is 11.4. The number of nitrogen functional groups attached to an aromatic ring is 1. The Morgan fingerprint density at radius 1 is 1.45 bits per heavy atom. The minimum atomic E-state index is -3.48. The lowest BCUT2D eigenvalue weighted by Crippen LogP contribution is -2.14. The van der Waals surface area contributed by atoms with Gasteiger partial charge in [-0.25, -0.2) is 4.98 Å². The van der Waals surface area contributed by atoms with Gasteiger partial charge in [0.1, 0.15) is 6.73 Å². The molecule has 20 heavy (non-hydrogen) atoms. The highest BCUT2D eigenvalue weighted by molar-refractivity contribution is 7.85. The first kappa shape index (κ1) is 14.4. The molecule has 0 bridgehead atoms. The highest BCUT2D eigenvalue weighted by atomic mass is 32.2. The zero-order chi connectivity index (χ0) is 14.8. The van der Waals surface area contributed by atoms with Crippen LogP contribution in [0.1, 0.15) is 0 Å². The van der Waals surface area contributed by atoms with Crippen LogP contribution in [0, 0.1) is 0 Å². The minimum Gasteiger partial charge on any atom is -0.369 e. The maximum Gasteiger partial charge on any atom is 0.280 e. The van der Waals surface area contributed by atoms with Crippen molar-refractivity contribution in [2.24, 2.45) is 0 Å². The number of nitrogens with zero attached hydrogens (tertiary/aromatic N) is 3. The van der Waals surface area contributed by atoms with E-state index >= 15 is 0 Å². The summed E-state index contributed by atoms with van der Waals surface area (Å²) < 4.78 is 32.6. The van der Waals surface area contributed by atoms with Gasteiger partial charge < -0.3 is 10.5 Å². The van der Waals surface area contributed by atoms with E-state index in [1.54, 1.807) is 0 Å². The Morgan fingerprint density at radius 2 is 2.20 bits per heavy atom. The van der Waals surface area contributed by atoms with Crippen molar-refractivity contribution in [2.45, 2.75) is 6.73 Å². The standard InChI is InChI=1S/C9H13N5O5S/c1-20(16,17)19-3-2-18-5-14-4-11-6-7(14)12-9(10)13-8(6)15/h4H,2-3,5H2,1H3,(H3,10,12,13,15). The summed E-state index contributed by atoms with van der Waals surface area (Å²) in [6.07, 6.45) is 2.33. The van der Waals surface area contributed by atoms with E-state index < -0.39 is 15.7 Å². The van der Waals surface area contributed by atoms with E-state index in [2.05, 4.69) is 19.1 Å². The van der Waals surface area contributed by atoms with Crippen LogP contribution in [0.2, 0.25) is 0 Å². The first-order valence-electron chi connectivity index (χ1n) is 5.49. The second-order valence-corrected chi connectivity index (χ2v) is 5.55. The highest BCUT2D eigenvalue weighted by Gasteiger charge is 2.09. The lowest BCUT2D eigenvalue weighted by atomic mass is 10.5. The van der Waals surface area contributed by atoms with Crippen LogP contribution >= 0.6 is 0 Å². The summed E-state index contributed by atoms with van der Waals surface area (Å²) in [6.45, 7) is 0.00649. The van der Waals surface area contributed by atoms with E-state index in [9.17, 15) is 13.2 Å². The van der Waals surface area contributed by atoms with Gasteiger partial charge in [0.25, 0.3) is 15.7 Å². The number of hydrogen-bond donors (Lipinski definition) is 2. The van der Waals surface area contributed by atoms with Gasteiger partial charge in [-0.15, -0.1) is 0 Å². The molecule has 0 amide bonds. The maximum absolute atomic E-state index is 11.5. The van der Waals surface area contributed by atoms with E-state index in [1.165, 1.54) is 10.9 Å². The van der Waals surface area contributed by atoms with Crippen molar-refractivity contribution in [3.05, 3.63) is 16.7 Å². The third-order valence-corrected chi connectivity index (χ3v) is 2.84. The number of hydrogen-bond acceptors (Lipinski definition) is 8. The topological polar surface area (TPSA) is 142 Å². The van der Waals surface area contributed by atoms with E-state index in [0.29, 0.717) is 0 Å². The molecule has 11 heteroatoms. The van der Waals surface area contributed by atoms with Crippen LogP contribution in [0.4, 0.5) is 5.95 Å². The fraction of sp³-hybridized carbons (Fsp3) is 0.444. The van der Waals surface area contributed by atoms with Crippen LogP contribution in [0.25, 0.3) is 11.2 Å². The summed E-state index contributed by atoms with van der Waals surface area (Å²) in [6, 6.07) is 0. The van der Waals surface area contributed by atoms with Crippen LogP contribution in [0.15, 0.2) is 11.1 Å². The molecule has 2 rings (SSSR count). The SMILES string of the molecule is CS(=O)(=O)OCCOCn1cnc2c(=O)[nH]c(N)nc21. The third kappa shape index (κ3) is 3.53. The largest absolute Gasteiger partial charge is 0.369 e. The smallest absolute Gasteiger partial charge is 0.280 e. The number of aromatic nitrogens is 4. The second kappa shape index (κ2) is 5.56. The monoisotopic (exact) mass is 303 g/mol. The predicted octanol–water partition coefficient (Wildman–Crippen LogP) is -1.35. The second-order valence-electron chi connectivity index (χ2n) is 3.90. The third-order valence-electron chi connectivity index (χ3n) is 2.25. The molecule has 0 radical (unpaired) electrons. The van der Waals surface area contributed by atoms with Gasteiger partial charge in [-0.1, -0.05) is 0 Å². The Bertz CT molecular complexity index is 765. The van der Waals surface area contributed by atoms with E-state index in [4.69, 9.17) is 10.5 Å². The zero-order valence-electron chi connectivity index (χ0n) is 10.6. The quantitative estimate of drug-likeness (QED) is 0.492. The Morgan fingerprint density at radius 3 is 2.90 bits per heavy atom. The predicted molar refractivity (Wildman–Crippen MR) is 69.3 cm³/mol. The van der Waals surface area contributed by atoms with Crippen molar-refractivity contribution in [1.82, 2.24) is 19.5 Å². The van der Waals surface area contributed by atoms with E-state index in [-0.39, 0.29) is 37.1 Å². The Hall–Kier alpha value is -1.98. The number of H-pyrrole nitrogens is 1. The van der Waals surface area contributed by atoms with E-state index in [1.807, 2.05) is 0 Å². The van der Waals surface area contributed by atoms with Gasteiger partial charge in [0.15, 0.2) is 11.2 Å². The molecule has 0 atom stereocenters. The number of ether oxygens (including phenoxy) is 1. The molecule has 2 heterocycles. The molecule has 0 aliphatic carbocycles. The number of anilines is 1. The number of fused-ring (bicyclic) bond motifs is 1. The van der Waals surface area contributed by atoms with Crippen LogP contribution in [0.5, 0.6) is 0 Å². The normalized spacial score (nSPS) is 12.1.